The van der Waals surface area contributed by atoms with Crippen LogP contribution in [0.15, 0.2) is 12.1 Å². The van der Waals surface area contributed by atoms with Gasteiger partial charge in [0.2, 0.25) is 0 Å². The summed E-state index contributed by atoms with van der Waals surface area (Å²) < 4.78 is 11.1. The Morgan fingerprint density at radius 2 is 2.00 bits per heavy atom. The van der Waals surface area contributed by atoms with Crippen molar-refractivity contribution in [2.75, 3.05) is 11.9 Å². The lowest BCUT2D eigenvalue weighted by molar-refractivity contribution is -0.134. The highest BCUT2D eigenvalue weighted by molar-refractivity contribution is 9.09. The van der Waals surface area contributed by atoms with Crippen molar-refractivity contribution in [1.29, 1.82) is 0 Å². The summed E-state index contributed by atoms with van der Waals surface area (Å²) in [6, 6.07) is 3.13. The van der Waals surface area contributed by atoms with E-state index in [4.69, 9.17) is 32.7 Å². The van der Waals surface area contributed by atoms with Gasteiger partial charge < -0.3 is 9.47 Å². The van der Waals surface area contributed by atoms with Crippen LogP contribution in [0.1, 0.15) is 6.92 Å². The molecule has 0 aromatic heterocycles. The molecule has 1 aliphatic rings. The van der Waals surface area contributed by atoms with E-state index in [0.29, 0.717) is 21.5 Å². The van der Waals surface area contributed by atoms with Crippen molar-refractivity contribution in [1.82, 2.24) is 0 Å². The molecule has 1 aliphatic heterocycles. The molecule has 1 aromatic rings. The number of carbonyl (C=O) groups excluding carboxylic acids is 1. The lowest BCUT2D eigenvalue weighted by Crippen LogP contribution is -2.49. The second-order valence-corrected chi connectivity index (χ2v) is 5.27. The Kier molecular flexibility index (Phi) is 3.57. The molecular weight excluding hydrogens is 331 g/mol. The van der Waals surface area contributed by atoms with Gasteiger partial charge in [-0.3, -0.25) is 4.79 Å². The zero-order chi connectivity index (χ0) is 12.6. The number of benzene rings is 1. The number of Topliss-reactive ketones (excluding diaryl/α,β-unsaturated/α-hetero) is 1. The largest absolute Gasteiger partial charge is 0.485 e. The van der Waals surface area contributed by atoms with E-state index in [2.05, 4.69) is 15.9 Å². The average molecular weight is 340 g/mol. The summed E-state index contributed by atoms with van der Waals surface area (Å²) in [5, 5.41) is 0.970. The van der Waals surface area contributed by atoms with Gasteiger partial charge in [-0.05, 0) is 6.92 Å². The summed E-state index contributed by atoms with van der Waals surface area (Å²) in [6.45, 7) is 1.84. The van der Waals surface area contributed by atoms with Gasteiger partial charge in [0.05, 0.1) is 15.4 Å². The fraction of sp³-hybridized carbons (Fsp3) is 0.364. The smallest absolute Gasteiger partial charge is 0.198 e. The Hall–Kier alpha value is -0.450. The first-order chi connectivity index (χ1) is 7.96. The molecule has 0 aliphatic carbocycles. The molecule has 1 unspecified atom stereocenters. The van der Waals surface area contributed by atoms with Crippen LogP contribution in [0.5, 0.6) is 11.5 Å². The van der Waals surface area contributed by atoms with Gasteiger partial charge in [0.1, 0.15) is 6.61 Å². The maximum absolute atomic E-state index is 11.7. The summed E-state index contributed by atoms with van der Waals surface area (Å²) in [5.41, 5.74) is -0.992. The van der Waals surface area contributed by atoms with E-state index in [1.54, 1.807) is 19.1 Å². The molecule has 0 spiro atoms. The SMILES string of the molecule is CC1(C(=O)CBr)COc2cc(Cl)c(Cl)cc2O1. The zero-order valence-electron chi connectivity index (χ0n) is 8.93. The van der Waals surface area contributed by atoms with E-state index in [1.165, 1.54) is 0 Å². The number of carbonyl (C=O) groups is 1. The molecule has 6 heteroatoms. The van der Waals surface area contributed by atoms with Crippen molar-refractivity contribution < 1.29 is 14.3 Å². The van der Waals surface area contributed by atoms with Gasteiger partial charge in [-0.15, -0.1) is 0 Å². The van der Waals surface area contributed by atoms with Crippen LogP contribution in [0.4, 0.5) is 0 Å². The van der Waals surface area contributed by atoms with Crippen LogP contribution in [0, 0.1) is 0 Å². The summed E-state index contributed by atoms with van der Waals surface area (Å²) >= 11 is 14.9. The van der Waals surface area contributed by atoms with Crippen LogP contribution in [0.2, 0.25) is 10.0 Å². The Morgan fingerprint density at radius 1 is 1.41 bits per heavy atom. The molecule has 1 aromatic carbocycles. The molecule has 0 fully saturated rings. The lowest BCUT2D eigenvalue weighted by Gasteiger charge is -2.34. The van der Waals surface area contributed by atoms with E-state index in [9.17, 15) is 4.79 Å². The maximum atomic E-state index is 11.7. The second kappa shape index (κ2) is 4.67. The van der Waals surface area contributed by atoms with Crippen LogP contribution < -0.4 is 9.47 Å². The van der Waals surface area contributed by atoms with Crippen molar-refractivity contribution in [2.45, 2.75) is 12.5 Å². The molecule has 0 amide bonds. The molecular formula is C11H9BrCl2O3. The Balaban J connectivity index is 2.36. The van der Waals surface area contributed by atoms with Crippen LogP contribution in [-0.2, 0) is 4.79 Å². The summed E-state index contributed by atoms with van der Waals surface area (Å²) in [7, 11) is 0. The Bertz CT molecular complexity index is 478. The van der Waals surface area contributed by atoms with Gasteiger partial charge in [-0.1, -0.05) is 39.1 Å². The maximum Gasteiger partial charge on any atom is 0.198 e. The fourth-order valence-electron chi connectivity index (χ4n) is 1.47. The molecule has 3 nitrogen and oxygen atoms in total. The van der Waals surface area contributed by atoms with Crippen LogP contribution in [0.3, 0.4) is 0 Å². The summed E-state index contributed by atoms with van der Waals surface area (Å²) in [6.07, 6.45) is 0. The predicted molar refractivity (Wildman–Crippen MR) is 69.8 cm³/mol. The highest BCUT2D eigenvalue weighted by Crippen LogP contribution is 2.41. The first-order valence-electron chi connectivity index (χ1n) is 4.86. The van der Waals surface area contributed by atoms with E-state index < -0.39 is 5.60 Å². The molecule has 1 atom stereocenters. The molecule has 2 rings (SSSR count). The molecule has 0 bridgehead atoms. The summed E-state index contributed by atoms with van der Waals surface area (Å²) in [5.74, 6) is 0.843. The van der Waals surface area contributed by atoms with Crippen molar-refractivity contribution in [3.8, 4) is 11.5 Å². The van der Waals surface area contributed by atoms with Crippen molar-refractivity contribution in [3.05, 3.63) is 22.2 Å². The van der Waals surface area contributed by atoms with Gasteiger partial charge in [0, 0.05) is 12.1 Å². The number of halogens is 3. The third-order valence-corrected chi connectivity index (χ3v) is 3.77. The lowest BCUT2D eigenvalue weighted by atomic mass is 10.0. The molecule has 0 saturated heterocycles. The molecule has 0 saturated carbocycles. The molecule has 0 radical (unpaired) electrons. The minimum Gasteiger partial charge on any atom is -0.485 e. The first-order valence-corrected chi connectivity index (χ1v) is 6.74. The van der Waals surface area contributed by atoms with Crippen molar-refractivity contribution in [2.24, 2.45) is 0 Å². The van der Waals surface area contributed by atoms with Gasteiger partial charge in [-0.2, -0.15) is 0 Å². The number of hydrogen-bond acceptors (Lipinski definition) is 3. The van der Waals surface area contributed by atoms with E-state index in [0.717, 1.165) is 0 Å². The standard InChI is InChI=1S/C11H9BrCl2O3/c1-11(10(15)4-12)5-16-8-2-6(13)7(14)3-9(8)17-11/h2-3H,4-5H2,1H3. The second-order valence-electron chi connectivity index (χ2n) is 3.89. The van der Waals surface area contributed by atoms with Crippen molar-refractivity contribution in [3.63, 3.8) is 0 Å². The monoisotopic (exact) mass is 338 g/mol. The Labute approximate surface area is 117 Å². The quantitative estimate of drug-likeness (QED) is 0.774. The zero-order valence-corrected chi connectivity index (χ0v) is 12.0. The molecule has 1 heterocycles. The van der Waals surface area contributed by atoms with E-state index in [-0.39, 0.29) is 17.7 Å². The van der Waals surface area contributed by atoms with Gasteiger partial charge in [-0.25, -0.2) is 0 Å². The van der Waals surface area contributed by atoms with Gasteiger partial charge in [0.25, 0.3) is 0 Å². The molecule has 0 N–H and O–H groups in total. The summed E-state index contributed by atoms with van der Waals surface area (Å²) in [4.78, 5) is 11.7. The number of fused-ring (bicyclic) bond motifs is 1. The fourth-order valence-corrected chi connectivity index (χ4v) is 2.37. The molecule has 17 heavy (non-hydrogen) atoms. The van der Waals surface area contributed by atoms with Crippen LogP contribution in [0.25, 0.3) is 0 Å². The highest BCUT2D eigenvalue weighted by Gasteiger charge is 2.39. The third-order valence-electron chi connectivity index (χ3n) is 2.54. The normalized spacial score (nSPS) is 22.4. The van der Waals surface area contributed by atoms with Crippen LogP contribution in [-0.4, -0.2) is 23.3 Å². The predicted octanol–water partition coefficient (Wildman–Crippen LogP) is 3.49. The van der Waals surface area contributed by atoms with Crippen LogP contribution >= 0.6 is 39.1 Å². The van der Waals surface area contributed by atoms with Gasteiger partial charge >= 0.3 is 0 Å². The van der Waals surface area contributed by atoms with Gasteiger partial charge in [0.15, 0.2) is 22.9 Å². The number of ether oxygens (including phenoxy) is 2. The van der Waals surface area contributed by atoms with E-state index in [1.807, 2.05) is 0 Å². The molecule has 92 valence electrons. The number of hydrogen-bond donors (Lipinski definition) is 0. The number of ketones is 1. The third kappa shape index (κ3) is 2.39. The number of rotatable bonds is 2. The minimum absolute atomic E-state index is 0.0887. The topological polar surface area (TPSA) is 35.5 Å². The minimum atomic E-state index is -0.992. The Morgan fingerprint density at radius 3 is 2.59 bits per heavy atom. The van der Waals surface area contributed by atoms with Crippen molar-refractivity contribution >= 4 is 44.9 Å². The van der Waals surface area contributed by atoms with E-state index >= 15 is 0 Å². The average Bonchev–Trinajstić information content (AvgIpc) is 2.30. The highest BCUT2D eigenvalue weighted by atomic mass is 79.9. The first kappa shape index (κ1) is 13.0. The number of alkyl halides is 1.